The Labute approximate surface area is 78.4 Å². The number of allylic oxidation sites excluding steroid dienone is 1. The van der Waals surface area contributed by atoms with Crippen LogP contribution in [0.1, 0.15) is 26.2 Å². The second kappa shape index (κ2) is 6.68. The van der Waals surface area contributed by atoms with E-state index in [4.69, 9.17) is 18.0 Å². The number of rotatable bonds is 5. The van der Waals surface area contributed by atoms with Crippen LogP contribution in [0.25, 0.3) is 0 Å². The zero-order valence-corrected chi connectivity index (χ0v) is 8.51. The Morgan fingerprint density at radius 3 is 2.82 bits per heavy atom. The summed E-state index contributed by atoms with van der Waals surface area (Å²) in [5.74, 6) is 0. The van der Waals surface area contributed by atoms with E-state index >= 15 is 0 Å². The van der Waals surface area contributed by atoms with Gasteiger partial charge in [0.05, 0.1) is 0 Å². The minimum atomic E-state index is 0.537. The zero-order valence-electron chi connectivity index (χ0n) is 6.88. The molecule has 0 aliphatic carbocycles. The van der Waals surface area contributed by atoms with Gasteiger partial charge in [-0.25, -0.2) is 0 Å². The average Bonchev–Trinajstić information content (AvgIpc) is 1.87. The number of thioether (sulfide) groups is 1. The Hall–Kier alpha value is -0.0200. The monoisotopic (exact) mass is 189 g/mol. The van der Waals surface area contributed by atoms with Gasteiger partial charge in [0.1, 0.15) is 4.32 Å². The van der Waals surface area contributed by atoms with Gasteiger partial charge in [-0.05, 0) is 12.8 Å². The maximum absolute atomic E-state index is 5.41. The molecular weight excluding hydrogens is 174 g/mol. The Morgan fingerprint density at radius 2 is 2.45 bits per heavy atom. The van der Waals surface area contributed by atoms with Crippen LogP contribution in [0.2, 0.25) is 0 Å². The minimum absolute atomic E-state index is 0.537. The van der Waals surface area contributed by atoms with Crippen LogP contribution < -0.4 is 5.73 Å². The van der Waals surface area contributed by atoms with Crippen LogP contribution in [0.3, 0.4) is 0 Å². The number of nitrogens with two attached hydrogens (primary N) is 1. The van der Waals surface area contributed by atoms with E-state index in [1.807, 2.05) is 6.08 Å². The number of hydrogen-bond acceptors (Lipinski definition) is 2. The first-order chi connectivity index (χ1) is 5.20. The van der Waals surface area contributed by atoms with Crippen molar-refractivity contribution in [1.82, 2.24) is 0 Å². The molecule has 0 saturated heterocycles. The molecule has 0 bridgehead atoms. The molecular formula is C8H15NS2. The molecule has 1 atom stereocenters. The van der Waals surface area contributed by atoms with Crippen molar-refractivity contribution in [1.29, 1.82) is 0 Å². The van der Waals surface area contributed by atoms with Crippen LogP contribution >= 0.6 is 24.0 Å². The predicted octanol–water partition coefficient (Wildman–Crippen LogP) is 2.71. The van der Waals surface area contributed by atoms with Gasteiger partial charge < -0.3 is 5.73 Å². The first-order valence-corrected chi connectivity index (χ1v) is 5.06. The molecule has 0 aromatic rings. The van der Waals surface area contributed by atoms with Crippen LogP contribution in [0.4, 0.5) is 0 Å². The van der Waals surface area contributed by atoms with Crippen molar-refractivity contribution < 1.29 is 0 Å². The van der Waals surface area contributed by atoms with Gasteiger partial charge in [0.25, 0.3) is 0 Å². The highest BCUT2D eigenvalue weighted by Crippen LogP contribution is 2.19. The summed E-state index contributed by atoms with van der Waals surface area (Å²) in [5.41, 5.74) is 5.41. The Balaban J connectivity index is 3.67. The largest absolute Gasteiger partial charge is 0.385 e. The quantitative estimate of drug-likeness (QED) is 0.532. The van der Waals surface area contributed by atoms with Crippen molar-refractivity contribution in [3.63, 3.8) is 0 Å². The third kappa shape index (κ3) is 6.38. The molecule has 0 heterocycles. The topological polar surface area (TPSA) is 26.0 Å². The molecule has 2 N–H and O–H groups in total. The summed E-state index contributed by atoms with van der Waals surface area (Å²) in [5, 5.41) is 0.537. The Morgan fingerprint density at radius 1 is 1.82 bits per heavy atom. The van der Waals surface area contributed by atoms with Crippen LogP contribution in [0.5, 0.6) is 0 Å². The van der Waals surface area contributed by atoms with Gasteiger partial charge in [-0.2, -0.15) is 0 Å². The van der Waals surface area contributed by atoms with E-state index < -0.39 is 0 Å². The van der Waals surface area contributed by atoms with Gasteiger partial charge in [0.2, 0.25) is 0 Å². The van der Waals surface area contributed by atoms with Crippen LogP contribution in [-0.4, -0.2) is 9.57 Å². The molecule has 0 amide bonds. The molecule has 64 valence electrons. The normalized spacial score (nSPS) is 12.5. The minimum Gasteiger partial charge on any atom is -0.385 e. The number of thiocarbonyl (C=S) groups is 1. The highest BCUT2D eigenvalue weighted by molar-refractivity contribution is 8.23. The maximum atomic E-state index is 5.41. The zero-order chi connectivity index (χ0) is 8.69. The van der Waals surface area contributed by atoms with Gasteiger partial charge >= 0.3 is 0 Å². The molecule has 3 heteroatoms. The van der Waals surface area contributed by atoms with Gasteiger partial charge in [0.15, 0.2) is 0 Å². The summed E-state index contributed by atoms with van der Waals surface area (Å²) < 4.78 is 0.547. The van der Waals surface area contributed by atoms with E-state index in [0.29, 0.717) is 9.57 Å². The van der Waals surface area contributed by atoms with Gasteiger partial charge in [-0.3, -0.25) is 0 Å². The van der Waals surface area contributed by atoms with E-state index in [1.54, 1.807) is 11.8 Å². The summed E-state index contributed by atoms with van der Waals surface area (Å²) in [4.78, 5) is 0. The fourth-order valence-corrected chi connectivity index (χ4v) is 2.22. The van der Waals surface area contributed by atoms with E-state index in [1.165, 1.54) is 6.42 Å². The molecule has 11 heavy (non-hydrogen) atoms. The van der Waals surface area contributed by atoms with Crippen molar-refractivity contribution in [2.45, 2.75) is 31.4 Å². The van der Waals surface area contributed by atoms with Crippen LogP contribution in [-0.2, 0) is 0 Å². The van der Waals surface area contributed by atoms with Crippen molar-refractivity contribution in [3.8, 4) is 0 Å². The third-order valence-corrected chi connectivity index (χ3v) is 2.61. The third-order valence-electron chi connectivity index (χ3n) is 1.32. The molecule has 0 unspecified atom stereocenters. The van der Waals surface area contributed by atoms with Crippen molar-refractivity contribution in [2.75, 3.05) is 0 Å². The highest BCUT2D eigenvalue weighted by atomic mass is 32.2. The fourth-order valence-electron chi connectivity index (χ4n) is 0.897. The van der Waals surface area contributed by atoms with Crippen molar-refractivity contribution >= 4 is 28.3 Å². The lowest BCUT2D eigenvalue weighted by molar-refractivity contribution is 0.749. The molecule has 0 aliphatic heterocycles. The maximum Gasteiger partial charge on any atom is 0.131 e. The molecule has 1 nitrogen and oxygen atoms in total. The van der Waals surface area contributed by atoms with E-state index in [2.05, 4.69) is 13.5 Å². The first-order valence-electron chi connectivity index (χ1n) is 3.77. The van der Waals surface area contributed by atoms with E-state index in [9.17, 15) is 0 Å². The second-order valence-corrected chi connectivity index (χ2v) is 4.41. The molecule has 0 aliphatic rings. The van der Waals surface area contributed by atoms with E-state index in [0.717, 1.165) is 12.8 Å². The Kier molecular flexibility index (Phi) is 6.66. The van der Waals surface area contributed by atoms with E-state index in [-0.39, 0.29) is 0 Å². The highest BCUT2D eigenvalue weighted by Gasteiger charge is 2.06. The predicted molar refractivity (Wildman–Crippen MR) is 57.9 cm³/mol. The molecule has 0 fully saturated rings. The van der Waals surface area contributed by atoms with Crippen molar-refractivity contribution in [3.05, 3.63) is 12.7 Å². The van der Waals surface area contributed by atoms with Crippen LogP contribution in [0, 0.1) is 0 Å². The smallest absolute Gasteiger partial charge is 0.131 e. The lowest BCUT2D eigenvalue weighted by atomic mass is 10.2. The lowest BCUT2D eigenvalue weighted by Gasteiger charge is -2.11. The summed E-state index contributed by atoms with van der Waals surface area (Å²) in [7, 11) is 0. The molecule has 0 rings (SSSR count). The SMILES string of the molecule is C=CC[C@H](CCC)SC(N)=S. The summed E-state index contributed by atoms with van der Waals surface area (Å²) in [6.45, 7) is 5.86. The Bertz CT molecular complexity index is 134. The summed E-state index contributed by atoms with van der Waals surface area (Å²) >= 11 is 6.39. The van der Waals surface area contributed by atoms with Crippen molar-refractivity contribution in [2.24, 2.45) is 5.73 Å². The second-order valence-electron chi connectivity index (χ2n) is 2.37. The summed E-state index contributed by atoms with van der Waals surface area (Å²) in [6, 6.07) is 0. The van der Waals surface area contributed by atoms with Gasteiger partial charge in [0, 0.05) is 5.25 Å². The molecule has 0 radical (unpaired) electrons. The standard InChI is InChI=1S/C8H15NS2/c1-3-5-7(6-4-2)11-8(9)10/h3,7H,1,4-6H2,2H3,(H2,9,10)/t7-/m1/s1. The fraction of sp³-hybridized carbons (Fsp3) is 0.625. The first kappa shape index (κ1) is 11.0. The van der Waals surface area contributed by atoms with Gasteiger partial charge in [-0.15, -0.1) is 6.58 Å². The molecule has 0 aromatic heterocycles. The summed E-state index contributed by atoms with van der Waals surface area (Å²) in [6.07, 6.45) is 5.25. The molecule has 0 saturated carbocycles. The number of hydrogen-bond donors (Lipinski definition) is 1. The van der Waals surface area contributed by atoms with Crippen LogP contribution in [0.15, 0.2) is 12.7 Å². The van der Waals surface area contributed by atoms with Gasteiger partial charge in [-0.1, -0.05) is 43.4 Å². The molecule has 0 spiro atoms. The average molecular weight is 189 g/mol. The lowest BCUT2D eigenvalue weighted by Crippen LogP contribution is -2.10. The molecule has 0 aromatic carbocycles.